The van der Waals surface area contributed by atoms with Crippen molar-refractivity contribution >= 4 is 17.5 Å². The molecule has 20 heavy (non-hydrogen) atoms. The van der Waals surface area contributed by atoms with Gasteiger partial charge in [-0.3, -0.25) is 0 Å². The van der Waals surface area contributed by atoms with Crippen molar-refractivity contribution in [1.29, 1.82) is 0 Å². The highest BCUT2D eigenvalue weighted by Crippen LogP contribution is 2.19. The van der Waals surface area contributed by atoms with Crippen LogP contribution in [-0.2, 0) is 13.1 Å². The molecule has 1 aliphatic rings. The molecule has 3 rings (SSSR count). The predicted molar refractivity (Wildman–Crippen MR) is 73.9 cm³/mol. The summed E-state index contributed by atoms with van der Waals surface area (Å²) in [5, 5.41) is 0.148. The van der Waals surface area contributed by atoms with Crippen molar-refractivity contribution in [3.05, 3.63) is 23.5 Å². The van der Waals surface area contributed by atoms with Crippen molar-refractivity contribution in [3.8, 4) is 6.01 Å². The number of ether oxygens (including phenoxy) is 1. The highest BCUT2D eigenvalue weighted by Gasteiger charge is 2.20. The molecule has 0 aliphatic carbocycles. The summed E-state index contributed by atoms with van der Waals surface area (Å²) in [6, 6.07) is 0.274. The van der Waals surface area contributed by atoms with Gasteiger partial charge in [-0.05, 0) is 18.0 Å². The normalized spacial score (nSPS) is 14.2. The number of hydrogen-bond acceptors (Lipinski definition) is 6. The fourth-order valence-corrected chi connectivity index (χ4v) is 2.21. The fraction of sp³-hybridized carbons (Fsp3) is 0.500. The molecule has 0 atom stereocenters. The van der Waals surface area contributed by atoms with Gasteiger partial charge in [0.25, 0.3) is 0 Å². The van der Waals surface area contributed by atoms with Crippen molar-refractivity contribution in [2.45, 2.75) is 26.4 Å². The van der Waals surface area contributed by atoms with Gasteiger partial charge in [-0.15, -0.1) is 0 Å². The van der Waals surface area contributed by atoms with E-state index in [1.54, 1.807) is 6.20 Å². The lowest BCUT2D eigenvalue weighted by Gasteiger charge is -2.27. The van der Waals surface area contributed by atoms with Gasteiger partial charge in [0.15, 0.2) is 0 Å². The first-order valence-electron chi connectivity index (χ1n) is 6.55. The summed E-state index contributed by atoms with van der Waals surface area (Å²) in [4.78, 5) is 18.8. The number of rotatable bonds is 4. The zero-order valence-corrected chi connectivity index (χ0v) is 11.9. The molecule has 0 saturated heterocycles. The monoisotopic (exact) mass is 294 g/mol. The zero-order chi connectivity index (χ0) is 13.9. The molecule has 0 bridgehead atoms. The van der Waals surface area contributed by atoms with Crippen LogP contribution in [0.25, 0.3) is 0 Å². The van der Waals surface area contributed by atoms with Crippen LogP contribution in [-0.4, -0.2) is 37.7 Å². The highest BCUT2D eigenvalue weighted by atomic mass is 35.5. The molecule has 1 aliphatic heterocycles. The maximum atomic E-state index is 5.94. The van der Waals surface area contributed by atoms with Crippen LogP contribution in [0, 0.1) is 0 Å². The van der Waals surface area contributed by atoms with Gasteiger partial charge in [0.05, 0.1) is 13.2 Å². The lowest BCUT2D eigenvalue weighted by Crippen LogP contribution is -2.35. The van der Waals surface area contributed by atoms with E-state index in [4.69, 9.17) is 16.3 Å². The molecule has 0 saturated carbocycles. The zero-order valence-electron chi connectivity index (χ0n) is 11.2. The summed E-state index contributed by atoms with van der Waals surface area (Å²) in [5.41, 5.74) is 0. The first kappa shape index (κ1) is 13.1. The molecule has 0 fully saturated rings. The second-order valence-corrected chi connectivity index (χ2v) is 4.83. The van der Waals surface area contributed by atoms with Crippen LogP contribution >= 0.6 is 11.6 Å². The van der Waals surface area contributed by atoms with E-state index in [1.807, 2.05) is 18.0 Å². The first-order chi connectivity index (χ1) is 9.76. The van der Waals surface area contributed by atoms with Gasteiger partial charge in [-0.1, -0.05) is 6.92 Å². The number of aromatic nitrogens is 5. The summed E-state index contributed by atoms with van der Waals surface area (Å²) in [6.07, 6.45) is 4.66. The van der Waals surface area contributed by atoms with Crippen molar-refractivity contribution in [2.75, 3.05) is 18.1 Å². The van der Waals surface area contributed by atoms with Crippen molar-refractivity contribution < 1.29 is 4.74 Å². The molecule has 106 valence electrons. The second-order valence-electron chi connectivity index (χ2n) is 4.49. The van der Waals surface area contributed by atoms with Gasteiger partial charge >= 0.3 is 6.01 Å². The van der Waals surface area contributed by atoms with E-state index in [1.165, 1.54) is 0 Å². The smallest absolute Gasteiger partial charge is 0.322 e. The van der Waals surface area contributed by atoms with E-state index in [2.05, 4.69) is 24.5 Å². The third kappa shape index (κ3) is 2.67. The molecule has 0 unspecified atom stereocenters. The van der Waals surface area contributed by atoms with Crippen LogP contribution in [0.4, 0.5) is 5.95 Å². The number of anilines is 1. The van der Waals surface area contributed by atoms with Gasteiger partial charge in [0.1, 0.15) is 5.82 Å². The largest absolute Gasteiger partial charge is 0.463 e. The third-order valence-corrected chi connectivity index (χ3v) is 3.21. The summed E-state index contributed by atoms with van der Waals surface area (Å²) < 4.78 is 7.55. The summed E-state index contributed by atoms with van der Waals surface area (Å²) in [5.74, 6) is 1.52. The molecule has 0 amide bonds. The van der Waals surface area contributed by atoms with Gasteiger partial charge in [0.2, 0.25) is 11.2 Å². The van der Waals surface area contributed by atoms with Gasteiger partial charge in [0, 0.05) is 25.5 Å². The standard InChI is InChI=1S/C12H15ClN6O/c1-2-7-20-12-16-10(13)15-11(17-12)19-6-5-18-4-3-14-9(18)8-19/h3-4H,2,5-8H2,1H3. The average molecular weight is 295 g/mol. The maximum absolute atomic E-state index is 5.94. The third-order valence-electron chi connectivity index (χ3n) is 3.04. The molecule has 0 N–H and O–H groups in total. The van der Waals surface area contributed by atoms with Crippen LogP contribution in [0.3, 0.4) is 0 Å². The molecule has 2 aromatic rings. The number of hydrogen-bond donors (Lipinski definition) is 0. The number of halogens is 1. The van der Waals surface area contributed by atoms with E-state index >= 15 is 0 Å². The Morgan fingerprint density at radius 2 is 2.20 bits per heavy atom. The minimum absolute atomic E-state index is 0.148. The average Bonchev–Trinajstić information content (AvgIpc) is 2.92. The Balaban J connectivity index is 1.82. The fourth-order valence-electron chi connectivity index (χ4n) is 2.07. The molecule has 0 radical (unpaired) electrons. The Bertz CT molecular complexity index is 601. The Labute approximate surface area is 121 Å². The lowest BCUT2D eigenvalue weighted by molar-refractivity contribution is 0.291. The molecule has 8 heteroatoms. The van der Waals surface area contributed by atoms with E-state index in [9.17, 15) is 0 Å². The lowest BCUT2D eigenvalue weighted by atomic mass is 10.4. The van der Waals surface area contributed by atoms with Crippen LogP contribution in [0.1, 0.15) is 19.2 Å². The van der Waals surface area contributed by atoms with E-state index in [-0.39, 0.29) is 11.3 Å². The van der Waals surface area contributed by atoms with Crippen LogP contribution in [0.5, 0.6) is 6.01 Å². The number of imidazole rings is 1. The molecule has 2 aromatic heterocycles. The SMILES string of the molecule is CCCOc1nc(Cl)nc(N2CCn3ccnc3C2)n1. The quantitative estimate of drug-likeness (QED) is 0.852. The first-order valence-corrected chi connectivity index (χ1v) is 6.93. The molecule has 3 heterocycles. The Kier molecular flexibility index (Phi) is 3.68. The van der Waals surface area contributed by atoms with Gasteiger partial charge < -0.3 is 14.2 Å². The van der Waals surface area contributed by atoms with Crippen LogP contribution < -0.4 is 9.64 Å². The molecule has 7 nitrogen and oxygen atoms in total. The molecule has 0 spiro atoms. The maximum Gasteiger partial charge on any atom is 0.322 e. The van der Waals surface area contributed by atoms with Crippen molar-refractivity contribution in [1.82, 2.24) is 24.5 Å². The van der Waals surface area contributed by atoms with Crippen LogP contribution in [0.2, 0.25) is 5.28 Å². The molecular weight excluding hydrogens is 280 g/mol. The van der Waals surface area contributed by atoms with Crippen LogP contribution in [0.15, 0.2) is 12.4 Å². The minimum atomic E-state index is 0.148. The van der Waals surface area contributed by atoms with Crippen molar-refractivity contribution in [2.24, 2.45) is 0 Å². The predicted octanol–water partition coefficient (Wildman–Crippen LogP) is 1.53. The Hall–Kier alpha value is -1.89. The molecular formula is C12H15ClN6O. The van der Waals surface area contributed by atoms with E-state index in [0.29, 0.717) is 19.1 Å². The number of nitrogens with zero attached hydrogens (tertiary/aromatic N) is 6. The highest BCUT2D eigenvalue weighted by molar-refractivity contribution is 6.28. The summed E-state index contributed by atoms with van der Waals surface area (Å²) in [6.45, 7) is 4.89. The topological polar surface area (TPSA) is 69.0 Å². The van der Waals surface area contributed by atoms with E-state index in [0.717, 1.165) is 25.3 Å². The number of fused-ring (bicyclic) bond motifs is 1. The second kappa shape index (κ2) is 5.62. The molecule has 0 aromatic carbocycles. The Morgan fingerprint density at radius 1 is 1.30 bits per heavy atom. The van der Waals surface area contributed by atoms with E-state index < -0.39 is 0 Å². The Morgan fingerprint density at radius 3 is 3.05 bits per heavy atom. The van der Waals surface area contributed by atoms with Gasteiger partial charge in [-0.25, -0.2) is 4.98 Å². The minimum Gasteiger partial charge on any atom is -0.463 e. The summed E-state index contributed by atoms with van der Waals surface area (Å²) in [7, 11) is 0. The van der Waals surface area contributed by atoms with Gasteiger partial charge in [-0.2, -0.15) is 15.0 Å². The van der Waals surface area contributed by atoms with Crippen molar-refractivity contribution in [3.63, 3.8) is 0 Å². The summed E-state index contributed by atoms with van der Waals surface area (Å²) >= 11 is 5.94.